The van der Waals surface area contributed by atoms with Gasteiger partial charge in [-0.25, -0.2) is 23.6 Å². The van der Waals surface area contributed by atoms with E-state index in [1.54, 1.807) is 42.6 Å². The Balaban J connectivity index is 0.000000174. The van der Waals surface area contributed by atoms with Crippen LogP contribution in [0.1, 0.15) is 142 Å². The average Bonchev–Trinajstić information content (AvgIpc) is 1.71. The number of Topliss-reactive ketones (excluding diaryl/α,β-unsaturated/α-hetero) is 1. The van der Waals surface area contributed by atoms with E-state index in [9.17, 15) is 28.0 Å². The van der Waals surface area contributed by atoms with Crippen molar-refractivity contribution in [2.24, 2.45) is 24.8 Å². The molecule has 0 radical (unpaired) electrons. The lowest BCUT2D eigenvalue weighted by Crippen LogP contribution is -2.59. The van der Waals surface area contributed by atoms with Crippen LogP contribution < -0.4 is 0 Å². The van der Waals surface area contributed by atoms with Crippen LogP contribution in [0.3, 0.4) is 0 Å². The third-order valence-electron chi connectivity index (χ3n) is 17.9. The van der Waals surface area contributed by atoms with Crippen molar-refractivity contribution < 1.29 is 47.4 Å². The van der Waals surface area contributed by atoms with Gasteiger partial charge in [-0.3, -0.25) is 43.5 Å². The topological polar surface area (TPSA) is 163 Å². The molecule has 4 saturated heterocycles. The van der Waals surface area contributed by atoms with Crippen molar-refractivity contribution in [2.75, 3.05) is 73.1 Å². The van der Waals surface area contributed by atoms with E-state index in [1.165, 1.54) is 40.9 Å². The molecule has 2 aromatic heterocycles. The number of nitrogens with zero attached hydrogens (tertiary/aromatic N) is 8. The van der Waals surface area contributed by atoms with E-state index in [0.717, 1.165) is 88.8 Å². The summed E-state index contributed by atoms with van der Waals surface area (Å²) in [5.41, 5.74) is 7.91. The Morgan fingerprint density at radius 3 is 1.70 bits per heavy atom. The highest BCUT2D eigenvalue weighted by atomic mass is 127. The molecule has 7 aromatic rings. The average molecular weight is 1780 g/mol. The summed E-state index contributed by atoms with van der Waals surface area (Å²) >= 11 is 23.1. The Bertz CT molecular complexity index is 3960. The molecule has 5 aliphatic rings. The number of halogens is 8. The number of ketones is 1. The maximum Gasteiger partial charge on any atom is 0.339 e. The zero-order valence-corrected chi connectivity index (χ0v) is 69.7. The number of rotatable bonds is 12. The van der Waals surface area contributed by atoms with Crippen LogP contribution in [0.5, 0.6) is 0 Å². The number of benzene rings is 5. The summed E-state index contributed by atoms with van der Waals surface area (Å²) in [6, 6.07) is 25.4. The van der Waals surface area contributed by atoms with Crippen molar-refractivity contribution in [3.05, 3.63) is 145 Å². The number of aryl methyl sites for hydroxylation is 2. The molecule has 4 aliphatic heterocycles. The van der Waals surface area contributed by atoms with Gasteiger partial charge in [0.05, 0.1) is 58.6 Å². The molecule has 6 heterocycles. The molecule has 5 aromatic carbocycles. The standard InChI is InChI=1S/C21H19BrClNO3S.C15H20BrN3.C14H17BrFNO.C10H20N2O2.C8H15NO2.C6H3BrFI/c1-3-26-20(25)18(27-14-8-9-14)16-11(2)10-15-19(28-21(22)24-15)17(16)12-4-6-13(23)7-5-12;1-15(2,3)19-8-10(9-19)14-12-7-11(16)5-6-13(12)18(4)17-14;1-14(2,3)17-7-9(8-17)13(18)11-6-10(15)4-5-12(11)16;1-10(2,3)12-6-8(7-12)9(13)11(4)14-5;1-8(2,3)9-4-6(5-9)7(10)11;7-4-1-2-5(8)6(9)3-4/h4-7,10,14,18H,3,8-9H2,1-2H3;5-7,10H,8-9H2,1-4H3;4-6,9H,7-8H2,1-3H3;8H,6-7H2,1-5H3;6H,4-5H2,1-3H3,(H,10,11);1-3H/t18-;;;;;/m0...../s1. The Labute approximate surface area is 639 Å². The minimum absolute atomic E-state index is 0.0759. The van der Waals surface area contributed by atoms with Crippen LogP contribution in [-0.4, -0.2) is 170 Å². The Kier molecular flexibility index (Phi) is 29.0. The van der Waals surface area contributed by atoms with Crippen molar-refractivity contribution >= 4 is 154 Å². The number of carbonyl (C=O) groups is 4. The molecule has 5 fully saturated rings. The van der Waals surface area contributed by atoms with E-state index in [-0.39, 0.29) is 75.1 Å². The number of carbonyl (C=O) groups excluding carboxylic acids is 3. The van der Waals surface area contributed by atoms with Crippen LogP contribution >= 0.6 is 109 Å². The third-order valence-corrected chi connectivity index (χ3v) is 22.0. The van der Waals surface area contributed by atoms with Gasteiger partial charge >= 0.3 is 11.9 Å². The molecule has 0 unspecified atom stereocenters. The van der Waals surface area contributed by atoms with E-state index in [2.05, 4.69) is 190 Å². The number of fused-ring (bicyclic) bond motifs is 2. The molecule has 540 valence electrons. The molecule has 12 rings (SSSR count). The second kappa shape index (κ2) is 34.8. The minimum atomic E-state index is -0.761. The van der Waals surface area contributed by atoms with E-state index < -0.39 is 17.9 Å². The highest BCUT2D eigenvalue weighted by Crippen LogP contribution is 2.45. The first-order valence-electron chi connectivity index (χ1n) is 33.0. The first-order chi connectivity index (χ1) is 46.1. The first kappa shape index (κ1) is 82.4. The van der Waals surface area contributed by atoms with Gasteiger partial charge in [-0.2, -0.15) is 5.10 Å². The normalized spacial score (nSPS) is 16.9. The second-order valence-corrected chi connectivity index (χ2v) is 36.1. The lowest BCUT2D eigenvalue weighted by molar-refractivity contribution is -0.180. The maximum absolute atomic E-state index is 13.6. The molecule has 0 bridgehead atoms. The van der Waals surface area contributed by atoms with E-state index in [1.807, 2.05) is 78.5 Å². The molecule has 1 atom stereocenters. The number of aromatic nitrogens is 3. The van der Waals surface area contributed by atoms with Gasteiger partial charge in [0.15, 0.2) is 15.8 Å². The van der Waals surface area contributed by atoms with Crippen molar-refractivity contribution in [3.8, 4) is 11.1 Å². The molecule has 1 aliphatic carbocycles. The Morgan fingerprint density at radius 1 is 0.707 bits per heavy atom. The fourth-order valence-corrected chi connectivity index (χ4v) is 15.0. The van der Waals surface area contributed by atoms with Crippen LogP contribution in [0.25, 0.3) is 32.2 Å². The van der Waals surface area contributed by atoms with Gasteiger partial charge in [-0.15, -0.1) is 11.3 Å². The number of esters is 1. The second-order valence-electron chi connectivity index (χ2n) is 29.4. The van der Waals surface area contributed by atoms with Gasteiger partial charge in [-0.05, 0) is 232 Å². The third kappa shape index (κ3) is 22.3. The number of hydrogen-bond acceptors (Lipinski definition) is 14. The summed E-state index contributed by atoms with van der Waals surface area (Å²) < 4.78 is 44.8. The van der Waals surface area contributed by atoms with Crippen LogP contribution in [0.2, 0.25) is 5.02 Å². The molecule has 1 saturated carbocycles. The van der Waals surface area contributed by atoms with Gasteiger partial charge < -0.3 is 14.6 Å². The zero-order chi connectivity index (χ0) is 73.6. The molecule has 16 nitrogen and oxygen atoms in total. The van der Waals surface area contributed by atoms with Crippen LogP contribution in [0, 0.1) is 39.9 Å². The minimum Gasteiger partial charge on any atom is -0.481 e. The summed E-state index contributed by atoms with van der Waals surface area (Å²) in [4.78, 5) is 65.7. The van der Waals surface area contributed by atoms with Gasteiger partial charge in [0, 0.05) is 139 Å². The monoisotopic (exact) mass is 1770 g/mol. The fourth-order valence-electron chi connectivity index (χ4n) is 11.3. The van der Waals surface area contributed by atoms with Crippen molar-refractivity contribution in [1.82, 2.24) is 39.4 Å². The number of thiazole rings is 1. The number of likely N-dealkylation sites (tertiary alicyclic amines) is 4. The van der Waals surface area contributed by atoms with E-state index >= 15 is 0 Å². The molecule has 99 heavy (non-hydrogen) atoms. The molecule has 0 spiro atoms. The van der Waals surface area contributed by atoms with Crippen molar-refractivity contribution in [2.45, 2.75) is 150 Å². The SMILES string of the molecule is CC(C)(C)N1CC(C(=O)O)C1.CC(C)(C)N1CC(C(=O)c2cc(Br)ccc2F)C1.CCOC(=O)[C@@H](OC1CC1)c1c(C)cc2nc(Br)sc2c1-c1ccc(Cl)cc1.CON(C)C(=O)C1CN(C(C)(C)C)C1.Cn1nc(C2CN(C(C)(C)C)C2)c2cc(Br)ccc21.Fc1ccc(Br)cc1I. The smallest absolute Gasteiger partial charge is 0.339 e. The lowest BCUT2D eigenvalue weighted by atomic mass is 9.86. The number of amides is 1. The number of hydrogen-bond donors (Lipinski definition) is 1. The number of ether oxygens (including phenoxy) is 2. The number of aliphatic carboxylic acids is 1. The first-order valence-corrected chi connectivity index (χ1v) is 38.5. The molecule has 1 N–H and O–H groups in total. The molecule has 1 amide bonds. The number of carboxylic acid groups (broad SMARTS) is 1. The van der Waals surface area contributed by atoms with Crippen LogP contribution in [0.4, 0.5) is 8.78 Å². The largest absolute Gasteiger partial charge is 0.481 e. The quantitative estimate of drug-likeness (QED) is 0.0404. The van der Waals surface area contributed by atoms with Crippen LogP contribution in [0.15, 0.2) is 102 Å². The van der Waals surface area contributed by atoms with Gasteiger partial charge in [0.25, 0.3) is 5.91 Å². The summed E-state index contributed by atoms with van der Waals surface area (Å²) in [5, 5.41) is 16.6. The summed E-state index contributed by atoms with van der Waals surface area (Å²) in [7, 11) is 5.19. The summed E-state index contributed by atoms with van der Waals surface area (Å²) in [6.45, 7) is 36.8. The van der Waals surface area contributed by atoms with Gasteiger partial charge in [0.1, 0.15) is 11.6 Å². The Hall–Kier alpha value is -3.90. The molecular formula is C74H94Br4ClF2IN8O8S. The predicted octanol–water partition coefficient (Wildman–Crippen LogP) is 18.2. The van der Waals surface area contributed by atoms with Crippen molar-refractivity contribution in [3.63, 3.8) is 0 Å². The number of carboxylic acids is 1. The van der Waals surface area contributed by atoms with Gasteiger partial charge in [-0.1, -0.05) is 71.5 Å². The highest BCUT2D eigenvalue weighted by Gasteiger charge is 2.43. The van der Waals surface area contributed by atoms with Crippen molar-refractivity contribution in [1.29, 1.82) is 0 Å². The highest BCUT2D eigenvalue weighted by molar-refractivity contribution is 14.1. The lowest BCUT2D eigenvalue weighted by Gasteiger charge is -2.47. The summed E-state index contributed by atoms with van der Waals surface area (Å²) in [6.07, 6.45) is 1.29. The van der Waals surface area contributed by atoms with E-state index in [0.29, 0.717) is 47.3 Å². The molecule has 25 heteroatoms. The number of hydroxylamine groups is 2. The van der Waals surface area contributed by atoms with Crippen LogP contribution in [-0.2, 0) is 35.7 Å². The van der Waals surface area contributed by atoms with Gasteiger partial charge in [0.2, 0.25) is 0 Å². The maximum atomic E-state index is 13.6. The summed E-state index contributed by atoms with van der Waals surface area (Å²) in [5.74, 6) is -1.15. The predicted molar refractivity (Wildman–Crippen MR) is 416 cm³/mol. The molecular weight excluding hydrogens is 1680 g/mol. The fraction of sp³-hybridized carbons (Fsp3) is 0.514. The zero-order valence-electron chi connectivity index (χ0n) is 59.6. The Morgan fingerprint density at radius 2 is 1.20 bits per heavy atom. The van der Waals surface area contributed by atoms with E-state index in [4.69, 9.17) is 36.1 Å².